The van der Waals surface area contributed by atoms with Crippen LogP contribution in [0, 0.1) is 0 Å². The highest BCUT2D eigenvalue weighted by molar-refractivity contribution is 9.10. The van der Waals surface area contributed by atoms with E-state index in [4.69, 9.17) is 4.74 Å². The Hall–Kier alpha value is -0.540. The van der Waals surface area contributed by atoms with Gasteiger partial charge in [0.2, 0.25) is 0 Å². The van der Waals surface area contributed by atoms with E-state index in [0.29, 0.717) is 5.92 Å². The molecule has 3 heteroatoms. The van der Waals surface area contributed by atoms with Gasteiger partial charge in [-0.15, -0.1) is 0 Å². The molecule has 0 heterocycles. The second-order valence-electron chi connectivity index (χ2n) is 5.50. The van der Waals surface area contributed by atoms with E-state index in [0.717, 1.165) is 36.3 Å². The first-order valence-electron chi connectivity index (χ1n) is 7.78. The van der Waals surface area contributed by atoms with Gasteiger partial charge >= 0.3 is 0 Å². The lowest BCUT2D eigenvalue weighted by molar-refractivity contribution is 0.301. The maximum absolute atomic E-state index is 5.94. The van der Waals surface area contributed by atoms with Crippen LogP contribution >= 0.6 is 15.9 Å². The average Bonchev–Trinajstić information content (AvgIpc) is 2.43. The Morgan fingerprint density at radius 2 is 1.95 bits per heavy atom. The molecule has 0 aliphatic heterocycles. The van der Waals surface area contributed by atoms with Gasteiger partial charge in [-0.2, -0.15) is 0 Å². The predicted octanol–water partition coefficient (Wildman–Crippen LogP) is 5.12. The van der Waals surface area contributed by atoms with Gasteiger partial charge in [-0.05, 0) is 68.5 Å². The van der Waals surface area contributed by atoms with Crippen LogP contribution in [0.4, 0.5) is 0 Å². The summed E-state index contributed by atoms with van der Waals surface area (Å²) in [5.41, 5.74) is 1.28. The number of ether oxygens (including phenoxy) is 1. The molecule has 0 bridgehead atoms. The molecule has 114 valence electrons. The monoisotopic (exact) mass is 341 g/mol. The molecule has 0 aromatic heterocycles. The van der Waals surface area contributed by atoms with Gasteiger partial charge in [0.25, 0.3) is 0 Å². The summed E-state index contributed by atoms with van der Waals surface area (Å²) in [6.45, 7) is 9.68. The van der Waals surface area contributed by atoms with Crippen LogP contribution in [0.2, 0.25) is 0 Å². The minimum absolute atomic E-state index is 0.487. The van der Waals surface area contributed by atoms with Crippen LogP contribution in [0.3, 0.4) is 0 Å². The largest absolute Gasteiger partial charge is 0.493 e. The standard InChI is InChI=1S/C17H28BrNO/c1-4-10-19-11-6-5-7-12-20-17-9-8-15(18)13-16(17)14(2)3/h8-9,13-14,19H,4-7,10-12H2,1-3H3. The van der Waals surface area contributed by atoms with Gasteiger partial charge in [0, 0.05) is 4.47 Å². The van der Waals surface area contributed by atoms with Crippen molar-refractivity contribution in [1.29, 1.82) is 0 Å². The molecule has 0 aliphatic carbocycles. The predicted molar refractivity (Wildman–Crippen MR) is 90.7 cm³/mol. The van der Waals surface area contributed by atoms with Crippen molar-refractivity contribution in [3.63, 3.8) is 0 Å². The van der Waals surface area contributed by atoms with Crippen molar-refractivity contribution in [1.82, 2.24) is 5.32 Å². The van der Waals surface area contributed by atoms with Crippen LogP contribution in [0.15, 0.2) is 22.7 Å². The van der Waals surface area contributed by atoms with Crippen LogP contribution in [0.1, 0.15) is 57.9 Å². The van der Waals surface area contributed by atoms with Gasteiger partial charge in [0.15, 0.2) is 0 Å². The molecular weight excluding hydrogens is 314 g/mol. The van der Waals surface area contributed by atoms with E-state index < -0.39 is 0 Å². The summed E-state index contributed by atoms with van der Waals surface area (Å²) in [4.78, 5) is 0. The smallest absolute Gasteiger partial charge is 0.122 e. The molecule has 0 amide bonds. The number of unbranched alkanes of at least 4 members (excludes halogenated alkanes) is 2. The summed E-state index contributed by atoms with van der Waals surface area (Å²) in [6.07, 6.45) is 4.80. The lowest BCUT2D eigenvalue weighted by atomic mass is 10.0. The molecule has 0 fully saturated rings. The molecule has 1 aromatic carbocycles. The zero-order chi connectivity index (χ0) is 14.8. The van der Waals surface area contributed by atoms with Crippen LogP contribution in [-0.4, -0.2) is 19.7 Å². The fourth-order valence-electron chi connectivity index (χ4n) is 2.11. The lowest BCUT2D eigenvalue weighted by Gasteiger charge is -2.14. The van der Waals surface area contributed by atoms with E-state index in [9.17, 15) is 0 Å². The fraction of sp³-hybridized carbons (Fsp3) is 0.647. The summed E-state index contributed by atoms with van der Waals surface area (Å²) >= 11 is 3.53. The third-order valence-electron chi connectivity index (χ3n) is 3.28. The van der Waals surface area contributed by atoms with Crippen molar-refractivity contribution in [3.05, 3.63) is 28.2 Å². The Bertz CT molecular complexity index is 379. The summed E-state index contributed by atoms with van der Waals surface area (Å²) in [5.74, 6) is 1.52. The Morgan fingerprint density at radius 1 is 1.15 bits per heavy atom. The molecule has 1 aromatic rings. The number of hydrogen-bond acceptors (Lipinski definition) is 2. The lowest BCUT2D eigenvalue weighted by Crippen LogP contribution is -2.15. The Morgan fingerprint density at radius 3 is 2.65 bits per heavy atom. The second-order valence-corrected chi connectivity index (χ2v) is 6.41. The van der Waals surface area contributed by atoms with Crippen LogP contribution in [0.5, 0.6) is 5.75 Å². The Balaban J connectivity index is 2.25. The normalized spacial score (nSPS) is 11.1. The van der Waals surface area contributed by atoms with Crippen molar-refractivity contribution >= 4 is 15.9 Å². The number of rotatable bonds is 10. The average molecular weight is 342 g/mol. The molecule has 1 N–H and O–H groups in total. The number of hydrogen-bond donors (Lipinski definition) is 1. The van der Waals surface area contributed by atoms with E-state index in [1.54, 1.807) is 0 Å². The molecule has 0 unspecified atom stereocenters. The van der Waals surface area contributed by atoms with Gasteiger partial charge in [-0.3, -0.25) is 0 Å². The van der Waals surface area contributed by atoms with Gasteiger partial charge in [-0.25, -0.2) is 0 Å². The minimum atomic E-state index is 0.487. The van der Waals surface area contributed by atoms with E-state index in [2.05, 4.69) is 60.2 Å². The number of benzene rings is 1. The van der Waals surface area contributed by atoms with Crippen molar-refractivity contribution < 1.29 is 4.74 Å². The van der Waals surface area contributed by atoms with Crippen molar-refractivity contribution in [3.8, 4) is 5.75 Å². The van der Waals surface area contributed by atoms with E-state index in [-0.39, 0.29) is 0 Å². The molecule has 0 atom stereocenters. The molecule has 0 radical (unpaired) electrons. The summed E-state index contributed by atoms with van der Waals surface area (Å²) in [7, 11) is 0. The van der Waals surface area contributed by atoms with Gasteiger partial charge in [-0.1, -0.05) is 36.7 Å². The highest BCUT2D eigenvalue weighted by atomic mass is 79.9. The van der Waals surface area contributed by atoms with Crippen molar-refractivity contribution in [2.75, 3.05) is 19.7 Å². The van der Waals surface area contributed by atoms with Gasteiger partial charge in [0.05, 0.1) is 6.61 Å². The van der Waals surface area contributed by atoms with Crippen molar-refractivity contribution in [2.45, 2.75) is 52.4 Å². The van der Waals surface area contributed by atoms with Crippen LogP contribution in [-0.2, 0) is 0 Å². The first kappa shape index (κ1) is 17.5. The quantitative estimate of drug-likeness (QED) is 0.596. The van der Waals surface area contributed by atoms with E-state index >= 15 is 0 Å². The fourth-order valence-corrected chi connectivity index (χ4v) is 2.49. The summed E-state index contributed by atoms with van der Waals surface area (Å²) < 4.78 is 7.06. The molecule has 0 saturated heterocycles. The van der Waals surface area contributed by atoms with E-state index in [1.807, 2.05) is 0 Å². The summed E-state index contributed by atoms with van der Waals surface area (Å²) in [6, 6.07) is 6.28. The molecular formula is C17H28BrNO. The van der Waals surface area contributed by atoms with Gasteiger partial charge in [0.1, 0.15) is 5.75 Å². The first-order chi connectivity index (χ1) is 9.65. The molecule has 0 aliphatic rings. The molecule has 2 nitrogen and oxygen atoms in total. The van der Waals surface area contributed by atoms with Crippen LogP contribution in [0.25, 0.3) is 0 Å². The molecule has 0 saturated carbocycles. The van der Waals surface area contributed by atoms with Crippen molar-refractivity contribution in [2.24, 2.45) is 0 Å². The Labute approximate surface area is 132 Å². The molecule has 0 spiro atoms. The number of halogens is 1. The SMILES string of the molecule is CCCNCCCCCOc1ccc(Br)cc1C(C)C. The maximum Gasteiger partial charge on any atom is 0.122 e. The molecule has 1 rings (SSSR count). The Kier molecular flexibility index (Phi) is 8.95. The number of nitrogens with one attached hydrogen (secondary N) is 1. The zero-order valence-corrected chi connectivity index (χ0v) is 14.6. The first-order valence-corrected chi connectivity index (χ1v) is 8.57. The topological polar surface area (TPSA) is 21.3 Å². The second kappa shape index (κ2) is 10.2. The van der Waals surface area contributed by atoms with Crippen LogP contribution < -0.4 is 10.1 Å². The van der Waals surface area contributed by atoms with Gasteiger partial charge < -0.3 is 10.1 Å². The summed E-state index contributed by atoms with van der Waals surface area (Å²) in [5, 5.41) is 3.43. The maximum atomic E-state index is 5.94. The molecule has 20 heavy (non-hydrogen) atoms. The van der Waals surface area contributed by atoms with E-state index in [1.165, 1.54) is 24.8 Å². The highest BCUT2D eigenvalue weighted by Gasteiger charge is 2.08. The third-order valence-corrected chi connectivity index (χ3v) is 3.77. The zero-order valence-electron chi connectivity index (χ0n) is 13.0. The minimum Gasteiger partial charge on any atom is -0.493 e. The third kappa shape index (κ3) is 6.76. The highest BCUT2D eigenvalue weighted by Crippen LogP contribution is 2.29.